The van der Waals surface area contributed by atoms with Gasteiger partial charge in [0.1, 0.15) is 18.1 Å². The summed E-state index contributed by atoms with van der Waals surface area (Å²) in [6.07, 6.45) is 2.87. The van der Waals surface area contributed by atoms with Gasteiger partial charge in [-0.05, 0) is 36.4 Å². The fraction of sp³-hybridized carbons (Fsp3) is 0.0952. The molecular weight excluding hydrogens is 474 g/mol. The van der Waals surface area contributed by atoms with Gasteiger partial charge < -0.3 is 14.5 Å². The first kappa shape index (κ1) is 21.6. The van der Waals surface area contributed by atoms with E-state index in [-0.39, 0.29) is 13.2 Å². The number of nitrogens with one attached hydrogen (secondary N) is 2. The number of benzene rings is 2. The maximum absolute atomic E-state index is 11.9. The largest absolute Gasteiger partial charge is 0.488 e. The average Bonchev–Trinajstić information content (AvgIpc) is 3.26. The first-order chi connectivity index (χ1) is 14.5. The molecule has 3 aromatic rings. The standard InChI is InChI=1S/C21H17BrClN3O4/c22-16-7-8-19(30-13-14-4-1-2-6-18(14)23)15(10-16)11-25-26-21(28)20(27)24-12-17-5-3-9-29-17/h1-11H,12-13H2,(H,24,27)(H,26,28)/b25-11-. The lowest BCUT2D eigenvalue weighted by atomic mass is 10.2. The maximum Gasteiger partial charge on any atom is 0.329 e. The minimum Gasteiger partial charge on any atom is -0.488 e. The van der Waals surface area contributed by atoms with E-state index < -0.39 is 11.8 Å². The quantitative estimate of drug-likeness (QED) is 0.297. The second-order valence-electron chi connectivity index (χ2n) is 6.02. The van der Waals surface area contributed by atoms with Crippen molar-refractivity contribution in [1.29, 1.82) is 0 Å². The molecule has 0 aliphatic heterocycles. The van der Waals surface area contributed by atoms with Gasteiger partial charge in [0.05, 0.1) is 19.0 Å². The zero-order valence-electron chi connectivity index (χ0n) is 15.6. The smallest absolute Gasteiger partial charge is 0.329 e. The van der Waals surface area contributed by atoms with Crippen LogP contribution in [0.1, 0.15) is 16.9 Å². The van der Waals surface area contributed by atoms with Gasteiger partial charge in [-0.1, -0.05) is 45.7 Å². The number of furan rings is 1. The third-order valence-electron chi connectivity index (χ3n) is 3.89. The highest BCUT2D eigenvalue weighted by Gasteiger charge is 2.13. The molecule has 0 radical (unpaired) electrons. The second kappa shape index (κ2) is 10.6. The van der Waals surface area contributed by atoms with E-state index in [0.717, 1.165) is 10.0 Å². The number of amides is 2. The van der Waals surface area contributed by atoms with Crippen molar-refractivity contribution in [3.8, 4) is 5.75 Å². The van der Waals surface area contributed by atoms with E-state index in [4.69, 9.17) is 20.8 Å². The van der Waals surface area contributed by atoms with Gasteiger partial charge in [0, 0.05) is 20.6 Å². The minimum absolute atomic E-state index is 0.106. The van der Waals surface area contributed by atoms with Gasteiger partial charge >= 0.3 is 11.8 Å². The molecule has 2 N–H and O–H groups in total. The van der Waals surface area contributed by atoms with Crippen LogP contribution < -0.4 is 15.5 Å². The number of halogens is 2. The van der Waals surface area contributed by atoms with Crippen molar-refractivity contribution < 1.29 is 18.7 Å². The van der Waals surface area contributed by atoms with Gasteiger partial charge in [-0.2, -0.15) is 5.10 Å². The van der Waals surface area contributed by atoms with E-state index in [0.29, 0.717) is 22.1 Å². The van der Waals surface area contributed by atoms with Crippen molar-refractivity contribution in [2.45, 2.75) is 13.2 Å². The lowest BCUT2D eigenvalue weighted by Crippen LogP contribution is -2.37. The SMILES string of the molecule is O=C(NCc1ccco1)C(=O)N/N=C\c1cc(Br)ccc1OCc1ccccc1Cl. The topological polar surface area (TPSA) is 92.9 Å². The van der Waals surface area contributed by atoms with Crippen LogP contribution in [0.2, 0.25) is 5.02 Å². The molecule has 3 rings (SSSR count). The number of nitrogens with zero attached hydrogens (tertiary/aromatic N) is 1. The third-order valence-corrected chi connectivity index (χ3v) is 4.75. The summed E-state index contributed by atoms with van der Waals surface area (Å²) in [4.78, 5) is 23.7. The molecule has 0 spiro atoms. The summed E-state index contributed by atoms with van der Waals surface area (Å²) in [7, 11) is 0. The molecule has 9 heteroatoms. The van der Waals surface area contributed by atoms with Gasteiger partial charge in [0.15, 0.2) is 0 Å². The Balaban J connectivity index is 1.58. The first-order valence-electron chi connectivity index (χ1n) is 8.82. The van der Waals surface area contributed by atoms with Gasteiger partial charge in [-0.15, -0.1) is 0 Å². The van der Waals surface area contributed by atoms with Crippen LogP contribution in [0.15, 0.2) is 74.9 Å². The monoisotopic (exact) mass is 489 g/mol. The highest BCUT2D eigenvalue weighted by molar-refractivity contribution is 9.10. The number of hydrogen-bond acceptors (Lipinski definition) is 5. The molecule has 30 heavy (non-hydrogen) atoms. The highest BCUT2D eigenvalue weighted by Crippen LogP contribution is 2.24. The molecule has 0 bridgehead atoms. The first-order valence-corrected chi connectivity index (χ1v) is 9.99. The summed E-state index contributed by atoms with van der Waals surface area (Å²) in [5.41, 5.74) is 3.63. The highest BCUT2D eigenvalue weighted by atomic mass is 79.9. The molecule has 154 valence electrons. The van der Waals surface area contributed by atoms with Gasteiger partial charge in [0.2, 0.25) is 0 Å². The minimum atomic E-state index is -0.897. The average molecular weight is 491 g/mol. The Bertz CT molecular complexity index is 1050. The molecule has 7 nitrogen and oxygen atoms in total. The number of ether oxygens (including phenoxy) is 1. The van der Waals surface area contributed by atoms with Gasteiger partial charge in [-0.25, -0.2) is 5.43 Å². The normalized spacial score (nSPS) is 10.7. The summed E-state index contributed by atoms with van der Waals surface area (Å²) in [5, 5.41) is 6.89. The van der Waals surface area contributed by atoms with Crippen LogP contribution in [-0.4, -0.2) is 18.0 Å². The fourth-order valence-corrected chi connectivity index (χ4v) is 2.96. The van der Waals surface area contributed by atoms with Crippen LogP contribution in [0.3, 0.4) is 0 Å². The number of carbonyl (C=O) groups is 2. The van der Waals surface area contributed by atoms with Crippen LogP contribution >= 0.6 is 27.5 Å². The predicted molar refractivity (Wildman–Crippen MR) is 116 cm³/mol. The van der Waals surface area contributed by atoms with Crippen LogP contribution in [0, 0.1) is 0 Å². The van der Waals surface area contributed by atoms with Crippen molar-refractivity contribution >= 4 is 45.6 Å². The molecule has 0 fully saturated rings. The molecule has 0 aliphatic carbocycles. The Hall–Kier alpha value is -3.10. The molecular formula is C21H17BrClN3O4. The molecule has 0 aliphatic rings. The number of hydrazone groups is 1. The summed E-state index contributed by atoms with van der Waals surface area (Å²) >= 11 is 9.55. The molecule has 0 unspecified atom stereocenters. The van der Waals surface area contributed by atoms with E-state index in [2.05, 4.69) is 31.8 Å². The van der Waals surface area contributed by atoms with E-state index in [1.807, 2.05) is 24.3 Å². The zero-order valence-corrected chi connectivity index (χ0v) is 17.9. The zero-order chi connectivity index (χ0) is 21.3. The van der Waals surface area contributed by atoms with E-state index in [1.165, 1.54) is 12.5 Å². The van der Waals surface area contributed by atoms with E-state index in [1.54, 1.807) is 30.3 Å². The Kier molecular flexibility index (Phi) is 7.64. The number of hydrogen-bond donors (Lipinski definition) is 2. The fourth-order valence-electron chi connectivity index (χ4n) is 2.39. The molecule has 0 saturated heterocycles. The van der Waals surface area contributed by atoms with Crippen molar-refractivity contribution in [1.82, 2.24) is 10.7 Å². The van der Waals surface area contributed by atoms with Crippen molar-refractivity contribution in [2.75, 3.05) is 0 Å². The lowest BCUT2D eigenvalue weighted by molar-refractivity contribution is -0.139. The maximum atomic E-state index is 11.9. The molecule has 0 saturated carbocycles. The molecule has 1 aromatic heterocycles. The molecule has 2 aromatic carbocycles. The summed E-state index contributed by atoms with van der Waals surface area (Å²) in [6.45, 7) is 0.373. The van der Waals surface area contributed by atoms with Crippen LogP contribution in [0.5, 0.6) is 5.75 Å². The van der Waals surface area contributed by atoms with Gasteiger partial charge in [0.25, 0.3) is 0 Å². The van der Waals surface area contributed by atoms with Crippen LogP contribution in [0.4, 0.5) is 0 Å². The van der Waals surface area contributed by atoms with E-state index in [9.17, 15) is 9.59 Å². The van der Waals surface area contributed by atoms with Crippen LogP contribution in [-0.2, 0) is 22.7 Å². The summed E-state index contributed by atoms with van der Waals surface area (Å²) < 4.78 is 11.7. The number of carbonyl (C=O) groups excluding carboxylic acids is 2. The van der Waals surface area contributed by atoms with Crippen molar-refractivity contribution in [3.63, 3.8) is 0 Å². The summed E-state index contributed by atoms with van der Waals surface area (Å²) in [5.74, 6) is -0.646. The van der Waals surface area contributed by atoms with E-state index >= 15 is 0 Å². The lowest BCUT2D eigenvalue weighted by Gasteiger charge is -2.10. The Morgan fingerprint density at radius 2 is 1.97 bits per heavy atom. The predicted octanol–water partition coefficient (Wildman–Crippen LogP) is 4.04. The molecule has 0 atom stereocenters. The Morgan fingerprint density at radius 3 is 2.73 bits per heavy atom. The van der Waals surface area contributed by atoms with Crippen molar-refractivity contribution in [3.05, 3.63) is 87.2 Å². The second-order valence-corrected chi connectivity index (χ2v) is 7.35. The molecule has 1 heterocycles. The van der Waals surface area contributed by atoms with Crippen molar-refractivity contribution in [2.24, 2.45) is 5.10 Å². The summed E-state index contributed by atoms with van der Waals surface area (Å²) in [6, 6.07) is 16.1. The number of rotatable bonds is 7. The molecule has 2 amide bonds. The van der Waals surface area contributed by atoms with Crippen LogP contribution in [0.25, 0.3) is 0 Å². The van der Waals surface area contributed by atoms with Gasteiger partial charge in [-0.3, -0.25) is 9.59 Å². The third kappa shape index (κ3) is 6.20. The Labute approximate surface area is 186 Å². The Morgan fingerprint density at radius 1 is 1.13 bits per heavy atom.